The van der Waals surface area contributed by atoms with Crippen molar-refractivity contribution in [2.45, 2.75) is 31.1 Å². The zero-order valence-corrected chi connectivity index (χ0v) is 13.1. The zero-order chi connectivity index (χ0) is 15.5. The van der Waals surface area contributed by atoms with Crippen LogP contribution in [0.4, 0.5) is 0 Å². The third-order valence-electron chi connectivity index (χ3n) is 3.93. The average molecular weight is 310 g/mol. The lowest BCUT2D eigenvalue weighted by Crippen LogP contribution is -2.40. The molecule has 1 saturated heterocycles. The third kappa shape index (κ3) is 3.70. The molecule has 21 heavy (non-hydrogen) atoms. The van der Waals surface area contributed by atoms with Crippen molar-refractivity contribution in [2.75, 3.05) is 19.6 Å². The summed E-state index contributed by atoms with van der Waals surface area (Å²) in [4.78, 5) is 11.6. The molecule has 1 aromatic rings. The number of hydrogen-bond donors (Lipinski definition) is 1. The maximum absolute atomic E-state index is 12.7. The van der Waals surface area contributed by atoms with Crippen molar-refractivity contribution in [3.05, 3.63) is 29.8 Å². The second-order valence-corrected chi connectivity index (χ2v) is 7.47. The van der Waals surface area contributed by atoms with Crippen LogP contribution in [-0.2, 0) is 10.0 Å². The van der Waals surface area contributed by atoms with Gasteiger partial charge in [0.25, 0.3) is 0 Å². The van der Waals surface area contributed by atoms with Crippen LogP contribution in [0.5, 0.6) is 0 Å². The molecule has 116 valence electrons. The minimum Gasteiger partial charge on any atom is -0.330 e. The summed E-state index contributed by atoms with van der Waals surface area (Å²) in [5.74, 6) is 0.196. The fraction of sp³-hybridized carbons (Fsp3) is 0.533. The number of ketones is 1. The van der Waals surface area contributed by atoms with Crippen molar-refractivity contribution in [3.63, 3.8) is 0 Å². The first kappa shape index (κ1) is 16.1. The van der Waals surface area contributed by atoms with Gasteiger partial charge in [-0.05, 0) is 50.8 Å². The molecule has 0 aromatic heterocycles. The van der Waals surface area contributed by atoms with Gasteiger partial charge in [0.15, 0.2) is 5.78 Å². The predicted octanol–water partition coefficient (Wildman–Crippen LogP) is 1.64. The molecule has 2 rings (SSSR count). The Morgan fingerprint density at radius 2 is 2.19 bits per heavy atom. The first-order chi connectivity index (χ1) is 9.95. The number of hydrogen-bond acceptors (Lipinski definition) is 4. The van der Waals surface area contributed by atoms with Crippen molar-refractivity contribution in [1.82, 2.24) is 4.31 Å². The number of carbonyl (C=O) groups is 1. The Hall–Kier alpha value is -1.24. The highest BCUT2D eigenvalue weighted by atomic mass is 32.2. The van der Waals surface area contributed by atoms with Crippen molar-refractivity contribution in [2.24, 2.45) is 11.7 Å². The lowest BCUT2D eigenvalue weighted by Gasteiger charge is -2.31. The summed E-state index contributed by atoms with van der Waals surface area (Å²) in [6.45, 7) is 3.07. The van der Waals surface area contributed by atoms with E-state index in [9.17, 15) is 13.2 Å². The smallest absolute Gasteiger partial charge is 0.243 e. The SMILES string of the molecule is CC(=O)c1cccc(S(=O)(=O)N2CCCC(CCN)C2)c1. The Morgan fingerprint density at radius 1 is 1.43 bits per heavy atom. The van der Waals surface area contributed by atoms with Gasteiger partial charge < -0.3 is 5.73 Å². The second kappa shape index (κ2) is 6.68. The number of piperidine rings is 1. The van der Waals surface area contributed by atoms with Gasteiger partial charge in [0.05, 0.1) is 4.90 Å². The zero-order valence-electron chi connectivity index (χ0n) is 12.3. The minimum atomic E-state index is -3.53. The molecule has 0 amide bonds. The van der Waals surface area contributed by atoms with Gasteiger partial charge in [-0.1, -0.05) is 12.1 Å². The molecule has 1 aliphatic heterocycles. The van der Waals surface area contributed by atoms with Crippen LogP contribution in [0.2, 0.25) is 0 Å². The maximum Gasteiger partial charge on any atom is 0.243 e. The van der Waals surface area contributed by atoms with Crippen LogP contribution in [0.15, 0.2) is 29.2 Å². The molecule has 1 unspecified atom stereocenters. The number of rotatable bonds is 5. The molecule has 2 N–H and O–H groups in total. The fourth-order valence-electron chi connectivity index (χ4n) is 2.74. The Kier molecular flexibility index (Phi) is 5.13. The number of nitrogens with two attached hydrogens (primary N) is 1. The van der Waals surface area contributed by atoms with E-state index in [2.05, 4.69) is 0 Å². The average Bonchev–Trinajstić information content (AvgIpc) is 2.48. The van der Waals surface area contributed by atoms with Crippen molar-refractivity contribution in [1.29, 1.82) is 0 Å². The van der Waals surface area contributed by atoms with Gasteiger partial charge in [-0.3, -0.25) is 4.79 Å². The van der Waals surface area contributed by atoms with Gasteiger partial charge >= 0.3 is 0 Å². The van der Waals surface area contributed by atoms with E-state index in [1.807, 2.05) is 0 Å². The summed E-state index contributed by atoms with van der Waals surface area (Å²) in [5, 5.41) is 0. The van der Waals surface area contributed by atoms with E-state index in [1.165, 1.54) is 17.3 Å². The second-order valence-electron chi connectivity index (χ2n) is 5.53. The summed E-state index contributed by atoms with van der Waals surface area (Å²) in [7, 11) is -3.53. The van der Waals surface area contributed by atoms with E-state index in [4.69, 9.17) is 5.73 Å². The monoisotopic (exact) mass is 310 g/mol. The van der Waals surface area contributed by atoms with E-state index >= 15 is 0 Å². The molecule has 0 aliphatic carbocycles. The standard InChI is InChI=1S/C15H22N2O3S/c1-12(18)14-5-2-6-15(10-14)21(19,20)17-9-3-4-13(11-17)7-8-16/h2,5-6,10,13H,3-4,7-9,11,16H2,1H3. The van der Waals surface area contributed by atoms with Crippen molar-refractivity contribution < 1.29 is 13.2 Å². The van der Waals surface area contributed by atoms with Gasteiger partial charge in [-0.15, -0.1) is 0 Å². The first-order valence-electron chi connectivity index (χ1n) is 7.26. The normalized spacial score (nSPS) is 20.4. The van der Waals surface area contributed by atoms with Gasteiger partial charge in [-0.2, -0.15) is 4.31 Å². The lowest BCUT2D eigenvalue weighted by atomic mass is 9.96. The van der Waals surface area contributed by atoms with E-state index in [0.29, 0.717) is 31.1 Å². The summed E-state index contributed by atoms with van der Waals surface area (Å²) >= 11 is 0. The Bertz CT molecular complexity index is 611. The number of nitrogens with zero attached hydrogens (tertiary/aromatic N) is 1. The summed E-state index contributed by atoms with van der Waals surface area (Å²) in [5.41, 5.74) is 6.00. The lowest BCUT2D eigenvalue weighted by molar-refractivity contribution is 0.101. The maximum atomic E-state index is 12.7. The Balaban J connectivity index is 2.25. The molecule has 0 bridgehead atoms. The molecule has 1 fully saturated rings. The molecular weight excluding hydrogens is 288 g/mol. The molecule has 0 spiro atoms. The van der Waals surface area contributed by atoms with Crippen LogP contribution in [-0.4, -0.2) is 38.1 Å². The van der Waals surface area contributed by atoms with E-state index in [1.54, 1.807) is 18.2 Å². The van der Waals surface area contributed by atoms with Crippen LogP contribution in [0.1, 0.15) is 36.5 Å². The van der Waals surface area contributed by atoms with Gasteiger partial charge in [0.2, 0.25) is 10.0 Å². The quantitative estimate of drug-likeness (QED) is 0.838. The number of benzene rings is 1. The summed E-state index contributed by atoms with van der Waals surface area (Å²) in [6, 6.07) is 6.26. The largest absolute Gasteiger partial charge is 0.330 e. The highest BCUT2D eigenvalue weighted by Crippen LogP contribution is 2.25. The molecule has 0 saturated carbocycles. The van der Waals surface area contributed by atoms with E-state index in [0.717, 1.165) is 19.3 Å². The molecular formula is C15H22N2O3S. The summed E-state index contributed by atoms with van der Waals surface area (Å²) in [6.07, 6.45) is 2.73. The van der Waals surface area contributed by atoms with E-state index < -0.39 is 10.0 Å². The molecule has 1 atom stereocenters. The van der Waals surface area contributed by atoms with Gasteiger partial charge in [-0.25, -0.2) is 8.42 Å². The highest BCUT2D eigenvalue weighted by molar-refractivity contribution is 7.89. The molecule has 5 nitrogen and oxygen atoms in total. The van der Waals surface area contributed by atoms with Crippen LogP contribution >= 0.6 is 0 Å². The molecule has 1 aliphatic rings. The molecule has 6 heteroatoms. The number of sulfonamides is 1. The van der Waals surface area contributed by atoms with Crippen LogP contribution in [0.3, 0.4) is 0 Å². The third-order valence-corrected chi connectivity index (χ3v) is 5.80. The van der Waals surface area contributed by atoms with Crippen LogP contribution in [0, 0.1) is 5.92 Å². The topological polar surface area (TPSA) is 80.5 Å². The molecule has 0 radical (unpaired) electrons. The number of carbonyl (C=O) groups excluding carboxylic acids is 1. The van der Waals surface area contributed by atoms with E-state index in [-0.39, 0.29) is 10.7 Å². The van der Waals surface area contributed by atoms with Crippen LogP contribution in [0.25, 0.3) is 0 Å². The molecule has 1 heterocycles. The van der Waals surface area contributed by atoms with Gasteiger partial charge in [0, 0.05) is 18.7 Å². The highest BCUT2D eigenvalue weighted by Gasteiger charge is 2.30. The Labute approximate surface area is 126 Å². The van der Waals surface area contributed by atoms with Crippen LogP contribution < -0.4 is 5.73 Å². The fourth-order valence-corrected chi connectivity index (χ4v) is 4.34. The molecule has 1 aromatic carbocycles. The first-order valence-corrected chi connectivity index (χ1v) is 8.70. The minimum absolute atomic E-state index is 0.133. The Morgan fingerprint density at radius 3 is 2.86 bits per heavy atom. The van der Waals surface area contributed by atoms with Crippen molar-refractivity contribution >= 4 is 15.8 Å². The summed E-state index contributed by atoms with van der Waals surface area (Å²) < 4.78 is 26.9. The number of Topliss-reactive ketones (excluding diaryl/α,β-unsaturated/α-hetero) is 1. The predicted molar refractivity (Wildman–Crippen MR) is 81.6 cm³/mol. The van der Waals surface area contributed by atoms with Gasteiger partial charge in [0.1, 0.15) is 0 Å². The van der Waals surface area contributed by atoms with Crippen molar-refractivity contribution in [3.8, 4) is 0 Å².